The standard InChI is InChI=1S/C20H24FN3O2/c21-16-6-3-7-17(20(16)22)23-14-5-4-10-24(11-14)12-15-13-25-18-8-1-2-9-19(18)26-15/h1-3,6-9,14-15,23H,4-5,10-13,22H2. The molecule has 138 valence electrons. The molecule has 0 bridgehead atoms. The maximum Gasteiger partial charge on any atom is 0.161 e. The number of nitrogens with one attached hydrogen (secondary N) is 1. The molecule has 2 heterocycles. The summed E-state index contributed by atoms with van der Waals surface area (Å²) in [7, 11) is 0. The van der Waals surface area contributed by atoms with E-state index in [0.29, 0.717) is 12.3 Å². The zero-order chi connectivity index (χ0) is 17.9. The number of nitrogens with two attached hydrogens (primary N) is 1. The number of nitrogen functional groups attached to an aromatic ring is 1. The summed E-state index contributed by atoms with van der Waals surface area (Å²) in [6, 6.07) is 12.9. The summed E-state index contributed by atoms with van der Waals surface area (Å²) in [4.78, 5) is 2.37. The summed E-state index contributed by atoms with van der Waals surface area (Å²) >= 11 is 0. The van der Waals surface area contributed by atoms with Gasteiger partial charge >= 0.3 is 0 Å². The van der Waals surface area contributed by atoms with Gasteiger partial charge in [-0.2, -0.15) is 0 Å². The number of rotatable bonds is 4. The van der Waals surface area contributed by atoms with Crippen LogP contribution in [0.5, 0.6) is 11.5 Å². The number of anilines is 2. The van der Waals surface area contributed by atoms with Gasteiger partial charge in [0.15, 0.2) is 11.5 Å². The number of benzene rings is 2. The number of para-hydroxylation sites is 3. The minimum absolute atomic E-state index is 0.0166. The van der Waals surface area contributed by atoms with E-state index in [-0.39, 0.29) is 23.7 Å². The lowest BCUT2D eigenvalue weighted by atomic mass is 10.0. The fourth-order valence-corrected chi connectivity index (χ4v) is 3.66. The second-order valence-corrected chi connectivity index (χ2v) is 6.94. The van der Waals surface area contributed by atoms with Crippen LogP contribution >= 0.6 is 0 Å². The van der Waals surface area contributed by atoms with Crippen LogP contribution in [0.1, 0.15) is 12.8 Å². The van der Waals surface area contributed by atoms with Crippen LogP contribution < -0.4 is 20.5 Å². The maximum absolute atomic E-state index is 13.6. The van der Waals surface area contributed by atoms with Crippen molar-refractivity contribution in [1.29, 1.82) is 0 Å². The van der Waals surface area contributed by atoms with Crippen LogP contribution in [0.2, 0.25) is 0 Å². The second-order valence-electron chi connectivity index (χ2n) is 6.94. The second kappa shape index (κ2) is 7.41. The third-order valence-corrected chi connectivity index (χ3v) is 4.95. The number of nitrogens with zero attached hydrogens (tertiary/aromatic N) is 1. The van der Waals surface area contributed by atoms with Gasteiger partial charge in [0.25, 0.3) is 0 Å². The molecule has 2 aliphatic heterocycles. The van der Waals surface area contributed by atoms with E-state index in [9.17, 15) is 4.39 Å². The van der Waals surface area contributed by atoms with Gasteiger partial charge in [-0.05, 0) is 43.7 Å². The first kappa shape index (κ1) is 17.0. The Morgan fingerprint density at radius 1 is 1.15 bits per heavy atom. The van der Waals surface area contributed by atoms with Gasteiger partial charge in [0.2, 0.25) is 0 Å². The Morgan fingerprint density at radius 2 is 2.00 bits per heavy atom. The molecule has 0 saturated carbocycles. The molecule has 2 unspecified atom stereocenters. The minimum atomic E-state index is -0.380. The molecule has 5 nitrogen and oxygen atoms in total. The van der Waals surface area contributed by atoms with Crippen molar-refractivity contribution in [3.05, 3.63) is 48.3 Å². The van der Waals surface area contributed by atoms with Gasteiger partial charge in [-0.25, -0.2) is 4.39 Å². The Kier molecular flexibility index (Phi) is 4.84. The number of halogens is 1. The van der Waals surface area contributed by atoms with E-state index in [4.69, 9.17) is 15.2 Å². The van der Waals surface area contributed by atoms with E-state index < -0.39 is 0 Å². The number of ether oxygens (including phenoxy) is 2. The Bertz CT molecular complexity index is 770. The first-order chi connectivity index (χ1) is 12.7. The summed E-state index contributed by atoms with van der Waals surface area (Å²) in [5.74, 6) is 1.24. The molecule has 0 amide bonds. The van der Waals surface area contributed by atoms with Gasteiger partial charge in [0, 0.05) is 19.1 Å². The molecule has 0 aliphatic carbocycles. The highest BCUT2D eigenvalue weighted by Gasteiger charge is 2.26. The van der Waals surface area contributed by atoms with Gasteiger partial charge in [-0.3, -0.25) is 4.90 Å². The van der Waals surface area contributed by atoms with Crippen molar-refractivity contribution in [1.82, 2.24) is 4.90 Å². The lowest BCUT2D eigenvalue weighted by Gasteiger charge is -2.37. The number of fused-ring (bicyclic) bond motifs is 1. The summed E-state index contributed by atoms with van der Waals surface area (Å²) < 4.78 is 25.5. The van der Waals surface area contributed by atoms with Crippen molar-refractivity contribution < 1.29 is 13.9 Å². The predicted octanol–water partition coefficient (Wildman–Crippen LogP) is 3.12. The van der Waals surface area contributed by atoms with Crippen LogP contribution in [-0.4, -0.2) is 43.3 Å². The van der Waals surface area contributed by atoms with E-state index in [1.165, 1.54) is 6.07 Å². The molecular formula is C20H24FN3O2. The number of likely N-dealkylation sites (tertiary alicyclic amines) is 1. The summed E-state index contributed by atoms with van der Waals surface area (Å²) in [5, 5.41) is 3.39. The molecule has 2 atom stereocenters. The van der Waals surface area contributed by atoms with E-state index in [2.05, 4.69) is 10.2 Å². The van der Waals surface area contributed by atoms with E-state index >= 15 is 0 Å². The SMILES string of the molecule is Nc1c(F)cccc1NC1CCCN(CC2COc3ccccc3O2)C1. The fraction of sp³-hybridized carbons (Fsp3) is 0.400. The highest BCUT2D eigenvalue weighted by molar-refractivity contribution is 5.66. The monoisotopic (exact) mass is 357 g/mol. The fourth-order valence-electron chi connectivity index (χ4n) is 3.66. The molecular weight excluding hydrogens is 333 g/mol. The largest absolute Gasteiger partial charge is 0.486 e. The number of hydrogen-bond donors (Lipinski definition) is 2. The average molecular weight is 357 g/mol. The average Bonchev–Trinajstić information content (AvgIpc) is 2.66. The van der Waals surface area contributed by atoms with Gasteiger partial charge in [0.05, 0.1) is 11.4 Å². The smallest absolute Gasteiger partial charge is 0.161 e. The molecule has 1 saturated heterocycles. The molecule has 4 rings (SSSR count). The zero-order valence-corrected chi connectivity index (χ0v) is 14.7. The summed E-state index contributed by atoms with van der Waals surface area (Å²) in [6.45, 7) is 3.27. The lowest BCUT2D eigenvalue weighted by molar-refractivity contribution is 0.0518. The lowest BCUT2D eigenvalue weighted by Crippen LogP contribution is -2.48. The Labute approximate surface area is 152 Å². The van der Waals surface area contributed by atoms with Crippen LogP contribution in [0, 0.1) is 5.82 Å². The van der Waals surface area contributed by atoms with Crippen LogP contribution in [0.3, 0.4) is 0 Å². The van der Waals surface area contributed by atoms with Gasteiger partial charge in [0.1, 0.15) is 18.5 Å². The first-order valence-corrected chi connectivity index (χ1v) is 9.10. The highest BCUT2D eigenvalue weighted by Crippen LogP contribution is 2.31. The van der Waals surface area contributed by atoms with Crippen LogP contribution in [0.4, 0.5) is 15.8 Å². The van der Waals surface area contributed by atoms with Gasteiger partial charge in [-0.15, -0.1) is 0 Å². The molecule has 1 fully saturated rings. The van der Waals surface area contributed by atoms with E-state index in [1.54, 1.807) is 6.07 Å². The number of hydrogen-bond acceptors (Lipinski definition) is 5. The molecule has 6 heteroatoms. The van der Waals surface area contributed by atoms with Crippen molar-refractivity contribution >= 4 is 11.4 Å². The van der Waals surface area contributed by atoms with E-state index in [1.807, 2.05) is 30.3 Å². The number of piperidine rings is 1. The molecule has 2 aliphatic rings. The predicted molar refractivity (Wildman–Crippen MR) is 100 cm³/mol. The Balaban J connectivity index is 1.35. The van der Waals surface area contributed by atoms with E-state index in [0.717, 1.165) is 44.0 Å². The van der Waals surface area contributed by atoms with Crippen molar-refractivity contribution in [3.63, 3.8) is 0 Å². The van der Waals surface area contributed by atoms with Crippen LogP contribution in [0.15, 0.2) is 42.5 Å². The summed E-state index contributed by atoms with van der Waals surface area (Å²) in [6.07, 6.45) is 2.14. The van der Waals surface area contributed by atoms with Crippen molar-refractivity contribution in [2.24, 2.45) is 0 Å². The molecule has 2 aromatic rings. The van der Waals surface area contributed by atoms with Crippen LogP contribution in [-0.2, 0) is 0 Å². The minimum Gasteiger partial charge on any atom is -0.486 e. The van der Waals surface area contributed by atoms with Crippen molar-refractivity contribution in [2.45, 2.75) is 25.0 Å². The van der Waals surface area contributed by atoms with Crippen molar-refractivity contribution in [2.75, 3.05) is 37.3 Å². The van der Waals surface area contributed by atoms with Gasteiger partial charge in [-0.1, -0.05) is 18.2 Å². The molecule has 2 aromatic carbocycles. The zero-order valence-electron chi connectivity index (χ0n) is 14.7. The summed E-state index contributed by atoms with van der Waals surface area (Å²) in [5.41, 5.74) is 6.70. The third kappa shape index (κ3) is 3.70. The molecule has 26 heavy (non-hydrogen) atoms. The third-order valence-electron chi connectivity index (χ3n) is 4.95. The first-order valence-electron chi connectivity index (χ1n) is 9.10. The van der Waals surface area contributed by atoms with Crippen molar-refractivity contribution in [3.8, 4) is 11.5 Å². The van der Waals surface area contributed by atoms with Gasteiger partial charge < -0.3 is 20.5 Å². The quantitative estimate of drug-likeness (QED) is 0.824. The molecule has 0 spiro atoms. The topological polar surface area (TPSA) is 59.8 Å². The van der Waals surface area contributed by atoms with Crippen LogP contribution in [0.25, 0.3) is 0 Å². The Hall–Kier alpha value is -2.47. The maximum atomic E-state index is 13.6. The highest BCUT2D eigenvalue weighted by atomic mass is 19.1. The molecule has 3 N–H and O–H groups in total. The normalized spacial score (nSPS) is 22.8. The molecule has 0 aromatic heterocycles. The molecule has 0 radical (unpaired) electrons. The Morgan fingerprint density at radius 3 is 2.88 bits per heavy atom.